The van der Waals surface area contributed by atoms with E-state index >= 15 is 0 Å². The van der Waals surface area contributed by atoms with Gasteiger partial charge in [0.2, 0.25) is 0 Å². The summed E-state index contributed by atoms with van der Waals surface area (Å²) in [6.45, 7) is 3.82. The van der Waals surface area contributed by atoms with Gasteiger partial charge in [-0.15, -0.1) is 0 Å². The summed E-state index contributed by atoms with van der Waals surface area (Å²) in [4.78, 5) is 57.7. The molecule has 3 heterocycles. The molecule has 16 nitrogen and oxygen atoms in total. The van der Waals surface area contributed by atoms with E-state index in [2.05, 4.69) is 0 Å². The molecular weight excluding hydrogens is 530 g/mol. The van der Waals surface area contributed by atoms with E-state index in [0.29, 0.717) is 0 Å². The molecule has 1 fully saturated rings. The van der Waals surface area contributed by atoms with Crippen LogP contribution in [0.2, 0.25) is 0 Å². The van der Waals surface area contributed by atoms with E-state index in [9.17, 15) is 34.4 Å². The first-order chi connectivity index (χ1) is 18.4. The van der Waals surface area contributed by atoms with Crippen LogP contribution in [0.15, 0.2) is 28.9 Å². The van der Waals surface area contributed by atoms with Crippen LogP contribution in [0.3, 0.4) is 0 Å². The van der Waals surface area contributed by atoms with Crippen molar-refractivity contribution in [3.63, 3.8) is 0 Å². The molecule has 1 saturated heterocycles. The van der Waals surface area contributed by atoms with E-state index in [4.69, 9.17) is 37.6 Å². The number of aliphatic hydroxyl groups excluding tert-OH is 1. The van der Waals surface area contributed by atoms with Crippen molar-refractivity contribution < 1.29 is 66.8 Å². The summed E-state index contributed by atoms with van der Waals surface area (Å²) in [5, 5.41) is 21.8. The van der Waals surface area contributed by atoms with Gasteiger partial charge >= 0.3 is 29.8 Å². The Bertz CT molecular complexity index is 1110. The summed E-state index contributed by atoms with van der Waals surface area (Å²) in [6, 6.07) is 2.33. The standard InChI is InChI=1S/C23H27NO15/c1-10(25)33-9-16-20(34-11(2)26)21(35-12(3)27)22(36-13(4)28)23(38-16)39-18-14(29)7-8-32-19(18)15-5-6-17(37-15)24(30)31/h5-8,14,16,18-23,29H,9H2,1-4H3/t14-,16-,18-,19-,20-,21+,22-,23+/m1/s1. The largest absolute Gasteiger partial charge is 0.487 e. The molecule has 0 spiro atoms. The zero-order valence-electron chi connectivity index (χ0n) is 21.2. The number of hydrogen-bond donors (Lipinski definition) is 1. The number of hydrogen-bond acceptors (Lipinski definition) is 15. The van der Waals surface area contributed by atoms with Gasteiger partial charge < -0.3 is 42.7 Å². The number of nitrogens with zero attached hydrogens (tertiary/aromatic N) is 1. The number of aliphatic hydroxyl groups is 1. The highest BCUT2D eigenvalue weighted by atomic mass is 16.7. The van der Waals surface area contributed by atoms with E-state index in [0.717, 1.165) is 40.0 Å². The van der Waals surface area contributed by atoms with Crippen molar-refractivity contribution in [1.82, 2.24) is 0 Å². The molecule has 3 rings (SSSR count). The summed E-state index contributed by atoms with van der Waals surface area (Å²) in [5.74, 6) is -3.89. The Morgan fingerprint density at radius 2 is 1.54 bits per heavy atom. The van der Waals surface area contributed by atoms with Crippen molar-refractivity contribution in [2.45, 2.75) is 76.7 Å². The maximum atomic E-state index is 12.0. The van der Waals surface area contributed by atoms with Crippen LogP contribution in [0.5, 0.6) is 0 Å². The highest BCUT2D eigenvalue weighted by molar-refractivity contribution is 5.68. The predicted molar refractivity (Wildman–Crippen MR) is 121 cm³/mol. The predicted octanol–water partition coefficient (Wildman–Crippen LogP) is 0.602. The Kier molecular flexibility index (Phi) is 9.61. The van der Waals surface area contributed by atoms with Crippen LogP contribution >= 0.6 is 0 Å². The molecule has 2 aliphatic heterocycles. The Balaban J connectivity index is 2.00. The second-order valence-electron chi connectivity index (χ2n) is 8.48. The van der Waals surface area contributed by atoms with Crippen LogP contribution in [0.1, 0.15) is 39.6 Å². The number of carbonyl (C=O) groups excluding carboxylic acids is 4. The lowest BCUT2D eigenvalue weighted by atomic mass is 9.97. The average Bonchev–Trinajstić information content (AvgIpc) is 3.32. The summed E-state index contributed by atoms with van der Waals surface area (Å²) in [6.07, 6.45) is -9.06. The zero-order chi connectivity index (χ0) is 28.9. The van der Waals surface area contributed by atoms with Gasteiger partial charge in [0.05, 0.1) is 12.3 Å². The maximum Gasteiger partial charge on any atom is 0.433 e. The number of carbonyl (C=O) groups is 4. The van der Waals surface area contributed by atoms with E-state index in [1.54, 1.807) is 0 Å². The van der Waals surface area contributed by atoms with Crippen molar-refractivity contribution in [1.29, 1.82) is 0 Å². The Labute approximate surface area is 220 Å². The highest BCUT2D eigenvalue weighted by Crippen LogP contribution is 2.37. The number of ether oxygens (including phenoxy) is 7. The third kappa shape index (κ3) is 7.52. The summed E-state index contributed by atoms with van der Waals surface area (Å²) >= 11 is 0. The smallest absolute Gasteiger partial charge is 0.433 e. The minimum absolute atomic E-state index is 0.0827. The van der Waals surface area contributed by atoms with E-state index < -0.39 is 90.3 Å². The molecule has 1 aromatic heterocycles. The fourth-order valence-electron chi connectivity index (χ4n) is 4.00. The van der Waals surface area contributed by atoms with Crippen LogP contribution in [0, 0.1) is 10.1 Å². The molecule has 39 heavy (non-hydrogen) atoms. The van der Waals surface area contributed by atoms with Gasteiger partial charge in [0.1, 0.15) is 29.8 Å². The van der Waals surface area contributed by atoms with Gasteiger partial charge in [-0.25, -0.2) is 0 Å². The number of rotatable bonds is 9. The topological polar surface area (TPSA) is 209 Å². The molecule has 0 unspecified atom stereocenters. The molecule has 0 aromatic carbocycles. The quantitative estimate of drug-likeness (QED) is 0.191. The van der Waals surface area contributed by atoms with Gasteiger partial charge in [-0.3, -0.25) is 29.3 Å². The van der Waals surface area contributed by atoms with Crippen molar-refractivity contribution in [2.75, 3.05) is 6.61 Å². The van der Waals surface area contributed by atoms with Gasteiger partial charge in [0.25, 0.3) is 0 Å². The van der Waals surface area contributed by atoms with E-state index in [1.165, 1.54) is 12.1 Å². The molecule has 1 N–H and O–H groups in total. The minimum Gasteiger partial charge on any atom is -0.487 e. The van der Waals surface area contributed by atoms with E-state index in [1.807, 2.05) is 0 Å². The van der Waals surface area contributed by atoms with Gasteiger partial charge in [0, 0.05) is 27.7 Å². The maximum absolute atomic E-state index is 12.0. The van der Waals surface area contributed by atoms with Crippen LogP contribution in [0.4, 0.5) is 5.88 Å². The normalized spacial score (nSPS) is 30.0. The van der Waals surface area contributed by atoms with Crippen molar-refractivity contribution in [3.8, 4) is 0 Å². The van der Waals surface area contributed by atoms with Crippen LogP contribution in [0.25, 0.3) is 0 Å². The van der Waals surface area contributed by atoms with Crippen LogP contribution < -0.4 is 0 Å². The molecule has 8 atom stereocenters. The molecule has 214 valence electrons. The SMILES string of the molecule is CC(=O)OC[C@H]1O[C@@H](O[C@@H]2[C@H](O)C=CO[C@@H]2c2ccc([N+](=O)[O-])o2)[C@H](OC(C)=O)[C@@H](OC(C)=O)[C@@H]1OC(C)=O. The molecule has 2 aliphatic rings. The number of nitro groups is 1. The Hall–Kier alpha value is -4.02. The zero-order valence-corrected chi connectivity index (χ0v) is 21.2. The molecule has 0 amide bonds. The Morgan fingerprint density at radius 1 is 0.923 bits per heavy atom. The highest BCUT2D eigenvalue weighted by Gasteiger charge is 2.54. The summed E-state index contributed by atoms with van der Waals surface area (Å²) in [7, 11) is 0. The molecule has 1 aromatic rings. The number of furan rings is 1. The first-order valence-electron chi connectivity index (χ1n) is 11.6. The van der Waals surface area contributed by atoms with Gasteiger partial charge in [0.15, 0.2) is 36.5 Å². The molecule has 16 heteroatoms. The average molecular weight is 557 g/mol. The molecule has 0 radical (unpaired) electrons. The van der Waals surface area contributed by atoms with E-state index in [-0.39, 0.29) is 5.76 Å². The lowest BCUT2D eigenvalue weighted by Gasteiger charge is -2.45. The second kappa shape index (κ2) is 12.7. The lowest BCUT2D eigenvalue weighted by Crippen LogP contribution is -2.64. The van der Waals surface area contributed by atoms with Crippen molar-refractivity contribution >= 4 is 29.8 Å². The first kappa shape index (κ1) is 29.5. The minimum atomic E-state index is -1.63. The van der Waals surface area contributed by atoms with Gasteiger partial charge in [-0.2, -0.15) is 0 Å². The molecule has 0 bridgehead atoms. The van der Waals surface area contributed by atoms with Crippen LogP contribution in [-0.4, -0.2) is 83.4 Å². The van der Waals surface area contributed by atoms with Crippen molar-refractivity contribution in [3.05, 3.63) is 40.3 Å². The monoisotopic (exact) mass is 557 g/mol. The second-order valence-corrected chi connectivity index (χ2v) is 8.48. The molecule has 0 aliphatic carbocycles. The van der Waals surface area contributed by atoms with Crippen LogP contribution in [-0.2, 0) is 52.3 Å². The molecule has 0 saturated carbocycles. The molecular formula is C23H27NO15. The lowest BCUT2D eigenvalue weighted by molar-refractivity contribution is -0.402. The Morgan fingerprint density at radius 3 is 2.10 bits per heavy atom. The fourth-order valence-corrected chi connectivity index (χ4v) is 4.00. The first-order valence-corrected chi connectivity index (χ1v) is 11.6. The van der Waals surface area contributed by atoms with Crippen molar-refractivity contribution in [2.24, 2.45) is 0 Å². The number of esters is 4. The third-order valence-electron chi connectivity index (χ3n) is 5.45. The fraction of sp³-hybridized carbons (Fsp3) is 0.565. The third-order valence-corrected chi connectivity index (χ3v) is 5.45. The summed E-state index contributed by atoms with van der Waals surface area (Å²) < 4.78 is 43.5. The van der Waals surface area contributed by atoms with Gasteiger partial charge in [-0.05, 0) is 12.1 Å². The summed E-state index contributed by atoms with van der Waals surface area (Å²) in [5.41, 5.74) is 0. The van der Waals surface area contributed by atoms with Gasteiger partial charge in [-0.1, -0.05) is 0 Å².